The summed E-state index contributed by atoms with van der Waals surface area (Å²) < 4.78 is 6.67. The Balaban J connectivity index is 1.77. The lowest BCUT2D eigenvalue weighted by Crippen LogP contribution is -2.62. The first-order valence-electron chi connectivity index (χ1n) is 12.9. The van der Waals surface area contributed by atoms with Gasteiger partial charge in [0, 0.05) is 33.3 Å². The number of rotatable bonds is 8. The summed E-state index contributed by atoms with van der Waals surface area (Å²) in [5, 5.41) is 26.6. The van der Waals surface area contributed by atoms with Crippen molar-refractivity contribution in [2.24, 2.45) is 5.41 Å². The van der Waals surface area contributed by atoms with Crippen molar-refractivity contribution >= 4 is 48.9 Å². The molecule has 0 bridgehead atoms. The third kappa shape index (κ3) is 4.81. The molecule has 1 saturated carbocycles. The summed E-state index contributed by atoms with van der Waals surface area (Å²) in [4.78, 5) is 20.1. The van der Waals surface area contributed by atoms with E-state index in [1.165, 1.54) is 11.1 Å². The first kappa shape index (κ1) is 29.5. The van der Waals surface area contributed by atoms with E-state index in [0.717, 1.165) is 0 Å². The van der Waals surface area contributed by atoms with Crippen molar-refractivity contribution in [2.75, 3.05) is 0 Å². The largest absolute Gasteiger partial charge is 0.409 e. The van der Waals surface area contributed by atoms with Gasteiger partial charge in [-0.1, -0.05) is 35.9 Å². The van der Waals surface area contributed by atoms with Crippen molar-refractivity contribution in [3.05, 3.63) is 99.3 Å². The van der Waals surface area contributed by atoms with E-state index in [1.54, 1.807) is 68.4 Å². The average Bonchev–Trinajstić information content (AvgIpc) is 3.71. The maximum Gasteiger partial charge on any atom is 0.257 e. The molecule has 1 atom stereocenters. The molecule has 2 heterocycles. The fourth-order valence-corrected chi connectivity index (χ4v) is 5.61. The Hall–Kier alpha value is -3.02. The summed E-state index contributed by atoms with van der Waals surface area (Å²) in [7, 11) is 25.2. The summed E-state index contributed by atoms with van der Waals surface area (Å²) in [5.41, 5.74) is -2.08. The van der Waals surface area contributed by atoms with Gasteiger partial charge >= 0.3 is 0 Å². The summed E-state index contributed by atoms with van der Waals surface area (Å²) in [6, 6.07) is 16.8. The second kappa shape index (κ2) is 9.78. The Morgan fingerprint density at radius 3 is 2.24 bits per heavy atom. The molecule has 2 aliphatic rings. The van der Waals surface area contributed by atoms with E-state index >= 15 is 0 Å². The number of aromatic nitrogens is 1. The molecule has 198 valence electrons. The van der Waals surface area contributed by atoms with Gasteiger partial charge in [0.25, 0.3) is 5.91 Å². The maximum atomic E-state index is 14.3. The lowest BCUT2D eigenvalue weighted by molar-refractivity contribution is -0.168. The van der Waals surface area contributed by atoms with Crippen molar-refractivity contribution < 1.29 is 19.7 Å². The minimum absolute atomic E-state index is 0.0850. The molecule has 1 aliphatic carbocycles. The predicted molar refractivity (Wildman–Crippen MR) is 156 cm³/mol. The van der Waals surface area contributed by atoms with Crippen molar-refractivity contribution in [1.29, 1.82) is 5.26 Å². The number of hydrogen-bond acceptors (Lipinski definition) is 6. The highest BCUT2D eigenvalue weighted by atomic mass is 35.5. The number of ether oxygens (including phenoxy) is 1. The average molecular weight is 557 g/mol. The lowest BCUT2D eigenvalue weighted by Gasteiger charge is -2.51. The molecule has 0 spiro atoms. The van der Waals surface area contributed by atoms with Crippen molar-refractivity contribution in [3.63, 3.8) is 0 Å². The fourth-order valence-electron chi connectivity index (χ4n) is 5.49. The van der Waals surface area contributed by atoms with Crippen LogP contribution in [0.2, 0.25) is 5.02 Å². The second-order valence-electron chi connectivity index (χ2n) is 11.3. The molecule has 2 aromatic carbocycles. The number of pyridine rings is 1. The third-order valence-electron chi connectivity index (χ3n) is 8.04. The highest BCUT2D eigenvalue weighted by Crippen LogP contribution is 2.61. The number of amides is 1. The highest BCUT2D eigenvalue weighted by Gasteiger charge is 2.65. The first-order chi connectivity index (χ1) is 19.1. The Labute approximate surface area is 249 Å². The van der Waals surface area contributed by atoms with Gasteiger partial charge in [0.2, 0.25) is 0 Å². The molecule has 2 N–H and O–H groups in total. The van der Waals surface area contributed by atoms with Gasteiger partial charge < -0.3 is 14.9 Å². The molecule has 8 radical (unpaired) electrons. The summed E-state index contributed by atoms with van der Waals surface area (Å²) in [6.07, 6.45) is 1.95. The number of fused-ring (bicyclic) bond motifs is 1. The molecule has 12 heteroatoms. The van der Waals surface area contributed by atoms with Gasteiger partial charge in [-0.2, -0.15) is 5.26 Å². The van der Waals surface area contributed by atoms with E-state index in [0.29, 0.717) is 33.0 Å². The number of halogens is 1. The van der Waals surface area contributed by atoms with E-state index in [-0.39, 0.29) is 24.9 Å². The molecule has 41 heavy (non-hydrogen) atoms. The highest BCUT2D eigenvalue weighted by molar-refractivity contribution is 6.45. The zero-order valence-electron chi connectivity index (χ0n) is 22.6. The number of nitrogens with zero attached hydrogens (tertiary/aromatic N) is 3. The van der Waals surface area contributed by atoms with Gasteiger partial charge in [0.15, 0.2) is 5.72 Å². The van der Waals surface area contributed by atoms with Crippen LogP contribution in [-0.4, -0.2) is 68.2 Å². The van der Waals surface area contributed by atoms with Crippen molar-refractivity contribution in [1.82, 2.24) is 9.88 Å². The number of aliphatic hydroxyl groups is 2. The topological polar surface area (TPSA) is 107 Å². The second-order valence-corrected chi connectivity index (χ2v) is 11.8. The monoisotopic (exact) mass is 557 g/mol. The summed E-state index contributed by atoms with van der Waals surface area (Å²) in [6.45, 7) is 3.14. The Kier molecular flexibility index (Phi) is 7.03. The van der Waals surface area contributed by atoms with Gasteiger partial charge in [0.05, 0.1) is 39.1 Å². The molecular weight excluding hydrogens is 533 g/mol. The van der Waals surface area contributed by atoms with Gasteiger partial charge in [-0.3, -0.25) is 14.7 Å². The Morgan fingerprint density at radius 2 is 1.73 bits per heavy atom. The molecular formula is C29H24B4ClN3O4. The van der Waals surface area contributed by atoms with Crippen LogP contribution in [0.3, 0.4) is 0 Å². The van der Waals surface area contributed by atoms with Gasteiger partial charge in [-0.05, 0) is 73.4 Å². The van der Waals surface area contributed by atoms with Crippen LogP contribution in [-0.2, 0) is 22.6 Å². The SMILES string of the molecule is [B]C([B])(O)C1(C([B])([B])O[C@]2(c3ccc(Cl)cc3)c3ccc(C(C)(C)O)cc3C(=O)N2Cc2ccc(C#N)cn2)CC1. The van der Waals surface area contributed by atoms with E-state index in [2.05, 4.69) is 4.98 Å². The summed E-state index contributed by atoms with van der Waals surface area (Å²) >= 11 is 6.23. The predicted octanol–water partition coefficient (Wildman–Crippen LogP) is 2.46. The van der Waals surface area contributed by atoms with E-state index in [4.69, 9.17) is 47.7 Å². The van der Waals surface area contributed by atoms with E-state index in [1.807, 2.05) is 6.07 Å². The van der Waals surface area contributed by atoms with Crippen LogP contribution < -0.4 is 0 Å². The van der Waals surface area contributed by atoms with Crippen LogP contribution >= 0.6 is 11.6 Å². The number of carbonyl (C=O) groups excluding carboxylic acids is 1. The Morgan fingerprint density at radius 1 is 1.07 bits per heavy atom. The summed E-state index contributed by atoms with van der Waals surface area (Å²) in [5.74, 6) is -0.455. The zero-order chi connectivity index (χ0) is 30.0. The van der Waals surface area contributed by atoms with Crippen LogP contribution in [0.25, 0.3) is 0 Å². The third-order valence-corrected chi connectivity index (χ3v) is 8.29. The first-order valence-corrected chi connectivity index (χ1v) is 13.3. The van der Waals surface area contributed by atoms with Crippen LogP contribution in [0.1, 0.15) is 65.0 Å². The molecule has 1 aliphatic heterocycles. The molecule has 0 saturated heterocycles. The van der Waals surface area contributed by atoms with Crippen molar-refractivity contribution in [2.45, 2.75) is 55.4 Å². The van der Waals surface area contributed by atoms with E-state index in [9.17, 15) is 20.3 Å². The smallest absolute Gasteiger partial charge is 0.257 e. The number of hydrogen-bond donors (Lipinski definition) is 2. The minimum atomic E-state index is -2.28. The molecule has 0 unspecified atom stereocenters. The van der Waals surface area contributed by atoms with Crippen LogP contribution in [0.5, 0.6) is 0 Å². The maximum absolute atomic E-state index is 14.3. The van der Waals surface area contributed by atoms with Gasteiger partial charge in [0.1, 0.15) is 21.8 Å². The van der Waals surface area contributed by atoms with E-state index < -0.39 is 33.4 Å². The molecule has 5 rings (SSSR count). The minimum Gasteiger partial charge on any atom is -0.409 e. The van der Waals surface area contributed by atoms with Crippen LogP contribution in [0.15, 0.2) is 60.8 Å². The van der Waals surface area contributed by atoms with Crippen LogP contribution in [0.4, 0.5) is 0 Å². The number of benzene rings is 2. The number of carbonyl (C=O) groups is 1. The van der Waals surface area contributed by atoms with Crippen LogP contribution in [0, 0.1) is 16.7 Å². The lowest BCUT2D eigenvalue weighted by atomic mass is 9.43. The molecule has 1 aromatic heterocycles. The van der Waals surface area contributed by atoms with Gasteiger partial charge in [-0.15, -0.1) is 0 Å². The molecule has 1 amide bonds. The van der Waals surface area contributed by atoms with Gasteiger partial charge in [-0.25, -0.2) is 0 Å². The fraction of sp³-hybridized carbons (Fsp3) is 0.345. The zero-order valence-corrected chi connectivity index (χ0v) is 23.4. The molecule has 3 aromatic rings. The standard InChI is InChI=1S/C29H24B4ClN3O4/c1-25(2,39)19-6-10-23-22(13-19)24(38)37(16-21-9-3-17(14-35)15-36-21)27(23,18-4-7-20(34)8-5-18)41-29(32,33)26(11-12-26)28(30,31)40/h3-10,13,15,39-40H,11-12,16H2,1-2H3/t27-/m1/s1. The quantitative estimate of drug-likeness (QED) is 0.413. The normalized spacial score (nSPS) is 20.0. The molecule has 1 fully saturated rings. The molecule has 7 nitrogen and oxygen atoms in total. The van der Waals surface area contributed by atoms with Crippen molar-refractivity contribution in [3.8, 4) is 6.07 Å². The number of nitriles is 1. The Bertz CT molecular complexity index is 1540.